The van der Waals surface area contributed by atoms with Crippen LogP contribution >= 0.6 is 0 Å². The Kier molecular flexibility index (Phi) is 7.93. The van der Waals surface area contributed by atoms with Gasteiger partial charge >= 0.3 is 0 Å². The molecule has 2 atom stereocenters. The van der Waals surface area contributed by atoms with Crippen LogP contribution in [0.25, 0.3) is 0 Å². The van der Waals surface area contributed by atoms with E-state index in [0.29, 0.717) is 30.1 Å². The van der Waals surface area contributed by atoms with Crippen LogP contribution in [0.4, 0.5) is 5.69 Å². The number of carbonyl (C=O) groups is 2. The number of amides is 2. The Morgan fingerprint density at radius 3 is 1.98 bits per heavy atom. The summed E-state index contributed by atoms with van der Waals surface area (Å²) in [6.45, 7) is 3.72. The molecule has 4 aromatic rings. The summed E-state index contributed by atoms with van der Waals surface area (Å²) in [5.41, 5.74) is 4.17. The van der Waals surface area contributed by atoms with Crippen molar-refractivity contribution in [2.75, 3.05) is 45.3 Å². The summed E-state index contributed by atoms with van der Waals surface area (Å²) < 4.78 is 10.8. The van der Waals surface area contributed by atoms with Gasteiger partial charge in [0.2, 0.25) is 5.91 Å². The molecule has 0 aromatic heterocycles. The predicted molar refractivity (Wildman–Crippen MR) is 163 cm³/mol. The summed E-state index contributed by atoms with van der Waals surface area (Å²) in [7, 11) is 3.24. The lowest BCUT2D eigenvalue weighted by Gasteiger charge is -2.44. The van der Waals surface area contributed by atoms with Gasteiger partial charge in [-0.1, -0.05) is 60.7 Å². The van der Waals surface area contributed by atoms with E-state index in [-0.39, 0.29) is 11.8 Å². The van der Waals surface area contributed by atoms with Gasteiger partial charge in [0, 0.05) is 44.0 Å². The SMILES string of the molecule is COc1ccc([C@@H]2[C@H](C(=O)N3CCN(Cc4ccccc4)CC3)c3ccccc3C(=O)N2c2ccc(OC)cc2)cc1. The highest BCUT2D eigenvalue weighted by molar-refractivity contribution is 6.11. The molecule has 2 aliphatic rings. The largest absolute Gasteiger partial charge is 0.497 e. The number of carbonyl (C=O) groups excluding carboxylic acids is 2. The fourth-order valence-corrected chi connectivity index (χ4v) is 6.13. The van der Waals surface area contributed by atoms with Gasteiger partial charge in [-0.25, -0.2) is 0 Å². The Morgan fingerprint density at radius 1 is 0.738 bits per heavy atom. The van der Waals surface area contributed by atoms with E-state index >= 15 is 0 Å². The van der Waals surface area contributed by atoms with E-state index in [1.54, 1.807) is 19.1 Å². The highest BCUT2D eigenvalue weighted by Gasteiger charge is 2.46. The van der Waals surface area contributed by atoms with Gasteiger partial charge in [0.15, 0.2) is 0 Å². The fraction of sp³-hybridized carbons (Fsp3) is 0.257. The molecular weight excluding hydrogens is 526 g/mol. The summed E-state index contributed by atoms with van der Waals surface area (Å²) in [6, 6.07) is 32.6. The molecule has 7 heteroatoms. The molecule has 2 amide bonds. The van der Waals surface area contributed by atoms with Gasteiger partial charge in [-0.3, -0.25) is 19.4 Å². The Morgan fingerprint density at radius 2 is 1.33 bits per heavy atom. The van der Waals surface area contributed by atoms with E-state index in [2.05, 4.69) is 29.2 Å². The number of piperazine rings is 1. The Hall–Kier alpha value is -4.62. The van der Waals surface area contributed by atoms with Crippen molar-refractivity contribution in [3.05, 3.63) is 125 Å². The van der Waals surface area contributed by atoms with Gasteiger partial charge in [0.1, 0.15) is 11.5 Å². The molecule has 0 radical (unpaired) electrons. The number of rotatable bonds is 7. The summed E-state index contributed by atoms with van der Waals surface area (Å²) in [5.74, 6) is 0.748. The van der Waals surface area contributed by atoms with E-state index in [4.69, 9.17) is 9.47 Å². The van der Waals surface area contributed by atoms with Crippen LogP contribution in [0.1, 0.15) is 39.0 Å². The van der Waals surface area contributed by atoms with Crippen LogP contribution in [0, 0.1) is 0 Å². The molecule has 1 fully saturated rings. The molecule has 6 rings (SSSR count). The first-order chi connectivity index (χ1) is 20.6. The zero-order valence-corrected chi connectivity index (χ0v) is 24.0. The molecule has 214 valence electrons. The molecule has 0 N–H and O–H groups in total. The van der Waals surface area contributed by atoms with Crippen molar-refractivity contribution in [1.29, 1.82) is 0 Å². The molecule has 2 aliphatic heterocycles. The zero-order chi connectivity index (χ0) is 29.1. The average Bonchev–Trinajstić information content (AvgIpc) is 3.05. The summed E-state index contributed by atoms with van der Waals surface area (Å²) in [6.07, 6.45) is 0. The first kappa shape index (κ1) is 27.5. The standard InChI is InChI=1S/C35H35N3O4/c1-41-28-16-12-26(13-17-28)33-32(35(40)37-22-20-36(21-23-37)24-25-8-4-3-5-9-25)30-10-6-7-11-31(30)34(39)38(33)27-14-18-29(42-2)19-15-27/h3-19,32-33H,20-24H2,1-2H3/t32-,33-/m1/s1. The molecule has 42 heavy (non-hydrogen) atoms. The van der Waals surface area contributed by atoms with Crippen molar-refractivity contribution in [1.82, 2.24) is 9.80 Å². The highest BCUT2D eigenvalue weighted by atomic mass is 16.5. The third-order valence-electron chi connectivity index (χ3n) is 8.35. The predicted octanol–water partition coefficient (Wildman–Crippen LogP) is 5.53. The number of nitrogens with zero attached hydrogens (tertiary/aromatic N) is 3. The van der Waals surface area contributed by atoms with Gasteiger partial charge in [-0.2, -0.15) is 0 Å². The van der Waals surface area contributed by atoms with E-state index in [0.717, 1.165) is 36.5 Å². The van der Waals surface area contributed by atoms with E-state index in [9.17, 15) is 9.59 Å². The van der Waals surface area contributed by atoms with Crippen molar-refractivity contribution >= 4 is 17.5 Å². The van der Waals surface area contributed by atoms with Crippen molar-refractivity contribution in [2.24, 2.45) is 0 Å². The Balaban J connectivity index is 1.37. The molecule has 0 spiro atoms. The molecule has 0 aliphatic carbocycles. The second kappa shape index (κ2) is 12.1. The zero-order valence-electron chi connectivity index (χ0n) is 24.0. The second-order valence-electron chi connectivity index (χ2n) is 10.7. The minimum absolute atomic E-state index is 0.0358. The topological polar surface area (TPSA) is 62.3 Å². The first-order valence-electron chi connectivity index (χ1n) is 14.3. The van der Waals surface area contributed by atoms with Crippen molar-refractivity contribution < 1.29 is 19.1 Å². The minimum Gasteiger partial charge on any atom is -0.497 e. The number of methoxy groups -OCH3 is 2. The van der Waals surface area contributed by atoms with Crippen molar-refractivity contribution in [3.63, 3.8) is 0 Å². The summed E-state index contributed by atoms with van der Waals surface area (Å²) >= 11 is 0. The van der Waals surface area contributed by atoms with Crippen LogP contribution in [0.2, 0.25) is 0 Å². The molecule has 7 nitrogen and oxygen atoms in total. The Labute approximate surface area is 246 Å². The first-order valence-corrected chi connectivity index (χ1v) is 14.3. The number of anilines is 1. The fourth-order valence-electron chi connectivity index (χ4n) is 6.13. The van der Waals surface area contributed by atoms with Crippen LogP contribution in [-0.4, -0.2) is 62.0 Å². The van der Waals surface area contributed by atoms with E-state index < -0.39 is 12.0 Å². The minimum atomic E-state index is -0.574. The third-order valence-corrected chi connectivity index (χ3v) is 8.35. The van der Waals surface area contributed by atoms with Gasteiger partial charge in [-0.05, 0) is 59.2 Å². The number of benzene rings is 4. The molecular formula is C35H35N3O4. The molecule has 0 bridgehead atoms. The molecule has 1 saturated heterocycles. The Bertz CT molecular complexity index is 1530. The summed E-state index contributed by atoms with van der Waals surface area (Å²) in [5, 5.41) is 0. The van der Waals surface area contributed by atoms with Gasteiger partial charge in [0.05, 0.1) is 26.2 Å². The van der Waals surface area contributed by atoms with Crippen LogP contribution in [-0.2, 0) is 11.3 Å². The maximum atomic E-state index is 14.6. The van der Waals surface area contributed by atoms with E-state index in [1.165, 1.54) is 5.56 Å². The normalized spacial score (nSPS) is 18.9. The van der Waals surface area contributed by atoms with Crippen molar-refractivity contribution in [3.8, 4) is 11.5 Å². The van der Waals surface area contributed by atoms with Crippen molar-refractivity contribution in [2.45, 2.75) is 18.5 Å². The molecule has 2 heterocycles. The van der Waals surface area contributed by atoms with Crippen LogP contribution in [0.5, 0.6) is 11.5 Å². The van der Waals surface area contributed by atoms with Gasteiger partial charge in [0.25, 0.3) is 5.91 Å². The van der Waals surface area contributed by atoms with E-state index in [1.807, 2.05) is 83.8 Å². The number of fused-ring (bicyclic) bond motifs is 1. The lowest BCUT2D eigenvalue weighted by atomic mass is 9.78. The number of hydrogen-bond donors (Lipinski definition) is 0. The molecule has 0 saturated carbocycles. The van der Waals surface area contributed by atoms with Gasteiger partial charge in [-0.15, -0.1) is 0 Å². The average molecular weight is 562 g/mol. The quantitative estimate of drug-likeness (QED) is 0.297. The lowest BCUT2D eigenvalue weighted by molar-refractivity contribution is -0.135. The molecule has 4 aromatic carbocycles. The van der Waals surface area contributed by atoms with Gasteiger partial charge < -0.3 is 14.4 Å². The third kappa shape index (κ3) is 5.35. The summed E-state index contributed by atoms with van der Waals surface area (Å²) in [4.78, 5) is 34.9. The van der Waals surface area contributed by atoms with Crippen LogP contribution in [0.15, 0.2) is 103 Å². The van der Waals surface area contributed by atoms with Crippen LogP contribution in [0.3, 0.4) is 0 Å². The monoisotopic (exact) mass is 561 g/mol. The number of hydrogen-bond acceptors (Lipinski definition) is 5. The smallest absolute Gasteiger partial charge is 0.259 e. The maximum absolute atomic E-state index is 14.6. The van der Waals surface area contributed by atoms with Crippen LogP contribution < -0.4 is 14.4 Å². The highest BCUT2D eigenvalue weighted by Crippen LogP contribution is 2.46. The number of ether oxygens (including phenoxy) is 2. The maximum Gasteiger partial charge on any atom is 0.259 e. The molecule has 0 unspecified atom stereocenters. The lowest BCUT2D eigenvalue weighted by Crippen LogP contribution is -2.53. The second-order valence-corrected chi connectivity index (χ2v) is 10.7.